The molecule has 0 fully saturated rings. The molecular formula is C11H16BrClN2O2S. The molecule has 1 aromatic rings. The second-order valence-corrected chi connectivity index (χ2v) is 6.86. The first-order valence-electron chi connectivity index (χ1n) is 5.58. The van der Waals surface area contributed by atoms with E-state index in [1.807, 2.05) is 13.8 Å². The summed E-state index contributed by atoms with van der Waals surface area (Å²) in [6, 6.07) is 2.82. The summed E-state index contributed by atoms with van der Waals surface area (Å²) in [5, 5.41) is 0.141. The highest BCUT2D eigenvalue weighted by atomic mass is 79.9. The standard InChI is InChI=1S/C11H16BrClN2O2S/c1-3-8(4-2)15-18(16,17)10-6-7(14)5-9(12)11(10)13/h5-6,8,15H,3-4,14H2,1-2H3. The minimum atomic E-state index is -3.65. The van der Waals surface area contributed by atoms with Gasteiger partial charge in [0.2, 0.25) is 10.0 Å². The molecule has 0 atom stereocenters. The van der Waals surface area contributed by atoms with Crippen molar-refractivity contribution in [3.63, 3.8) is 0 Å². The summed E-state index contributed by atoms with van der Waals surface area (Å²) in [5.74, 6) is 0. The van der Waals surface area contributed by atoms with Gasteiger partial charge in [-0.05, 0) is 40.9 Å². The zero-order valence-electron chi connectivity index (χ0n) is 10.2. The molecule has 1 rings (SSSR count). The number of nitrogens with two attached hydrogens (primary N) is 1. The fraction of sp³-hybridized carbons (Fsp3) is 0.455. The van der Waals surface area contributed by atoms with Crippen LogP contribution in [0.2, 0.25) is 5.02 Å². The molecule has 0 aliphatic carbocycles. The van der Waals surface area contributed by atoms with Crippen molar-refractivity contribution in [1.29, 1.82) is 0 Å². The van der Waals surface area contributed by atoms with Crippen LogP contribution in [0.15, 0.2) is 21.5 Å². The fourth-order valence-electron chi connectivity index (χ4n) is 1.52. The summed E-state index contributed by atoms with van der Waals surface area (Å²) >= 11 is 9.18. The van der Waals surface area contributed by atoms with Crippen molar-refractivity contribution in [2.75, 3.05) is 5.73 Å². The van der Waals surface area contributed by atoms with Crippen LogP contribution < -0.4 is 10.5 Å². The Kier molecular flexibility index (Phi) is 5.46. The van der Waals surface area contributed by atoms with Gasteiger partial charge < -0.3 is 5.73 Å². The third-order valence-electron chi connectivity index (χ3n) is 2.61. The lowest BCUT2D eigenvalue weighted by Gasteiger charge is -2.16. The van der Waals surface area contributed by atoms with Gasteiger partial charge in [0.1, 0.15) is 4.90 Å². The lowest BCUT2D eigenvalue weighted by molar-refractivity contribution is 0.530. The van der Waals surface area contributed by atoms with Gasteiger partial charge in [0.15, 0.2) is 0 Å². The Morgan fingerprint density at radius 2 is 1.94 bits per heavy atom. The van der Waals surface area contributed by atoms with Gasteiger partial charge in [-0.2, -0.15) is 0 Å². The van der Waals surface area contributed by atoms with E-state index < -0.39 is 10.0 Å². The molecule has 0 saturated heterocycles. The Labute approximate surface area is 121 Å². The van der Waals surface area contributed by atoms with E-state index in [9.17, 15) is 8.42 Å². The highest BCUT2D eigenvalue weighted by molar-refractivity contribution is 9.10. The average molecular weight is 356 g/mol. The number of anilines is 1. The van der Waals surface area contributed by atoms with Gasteiger partial charge in [0.25, 0.3) is 0 Å². The topological polar surface area (TPSA) is 72.2 Å². The Balaban J connectivity index is 3.20. The zero-order valence-corrected chi connectivity index (χ0v) is 13.4. The van der Waals surface area contributed by atoms with Crippen molar-refractivity contribution < 1.29 is 8.42 Å². The maximum atomic E-state index is 12.2. The average Bonchev–Trinajstić information content (AvgIpc) is 2.30. The van der Waals surface area contributed by atoms with Gasteiger partial charge in [-0.15, -0.1) is 0 Å². The largest absolute Gasteiger partial charge is 0.399 e. The number of benzene rings is 1. The smallest absolute Gasteiger partial charge is 0.242 e. The molecule has 0 spiro atoms. The molecule has 0 saturated carbocycles. The molecule has 0 bridgehead atoms. The predicted octanol–water partition coefficient (Wildman–Crippen LogP) is 3.15. The molecule has 0 aromatic heterocycles. The number of sulfonamides is 1. The molecule has 0 amide bonds. The summed E-state index contributed by atoms with van der Waals surface area (Å²) in [5.41, 5.74) is 5.98. The molecule has 0 aliphatic rings. The minimum Gasteiger partial charge on any atom is -0.399 e. The quantitative estimate of drug-likeness (QED) is 0.797. The summed E-state index contributed by atoms with van der Waals surface area (Å²) in [6.45, 7) is 3.85. The highest BCUT2D eigenvalue weighted by Gasteiger charge is 2.22. The lowest BCUT2D eigenvalue weighted by atomic mass is 10.2. The summed E-state index contributed by atoms with van der Waals surface area (Å²) < 4.78 is 27.5. The Morgan fingerprint density at radius 3 is 2.44 bits per heavy atom. The van der Waals surface area contributed by atoms with E-state index in [0.717, 1.165) is 12.8 Å². The Morgan fingerprint density at radius 1 is 1.39 bits per heavy atom. The van der Waals surface area contributed by atoms with Crippen molar-refractivity contribution in [3.05, 3.63) is 21.6 Å². The molecule has 0 unspecified atom stereocenters. The first kappa shape index (κ1) is 15.8. The van der Waals surface area contributed by atoms with Gasteiger partial charge in [-0.25, -0.2) is 13.1 Å². The maximum absolute atomic E-state index is 12.2. The van der Waals surface area contributed by atoms with Crippen LogP contribution in [0.1, 0.15) is 26.7 Å². The second kappa shape index (κ2) is 6.23. The molecule has 0 radical (unpaired) electrons. The minimum absolute atomic E-state index is 0.00272. The van der Waals surface area contributed by atoms with Crippen molar-refractivity contribution in [2.45, 2.75) is 37.6 Å². The SMILES string of the molecule is CCC(CC)NS(=O)(=O)c1cc(N)cc(Br)c1Cl. The normalized spacial score (nSPS) is 12.1. The van der Waals surface area contributed by atoms with Crippen LogP contribution in [0.5, 0.6) is 0 Å². The van der Waals surface area contributed by atoms with Crippen molar-refractivity contribution in [1.82, 2.24) is 4.72 Å². The summed E-state index contributed by atoms with van der Waals surface area (Å²) in [7, 11) is -3.65. The van der Waals surface area contributed by atoms with E-state index in [4.69, 9.17) is 17.3 Å². The van der Waals surface area contributed by atoms with Crippen LogP contribution in [-0.2, 0) is 10.0 Å². The number of hydrogen-bond donors (Lipinski definition) is 2. The maximum Gasteiger partial charge on any atom is 0.242 e. The summed E-state index contributed by atoms with van der Waals surface area (Å²) in [6.07, 6.45) is 1.44. The predicted molar refractivity (Wildman–Crippen MR) is 78.3 cm³/mol. The number of hydrogen-bond acceptors (Lipinski definition) is 3. The van der Waals surface area contributed by atoms with E-state index in [2.05, 4.69) is 20.7 Å². The molecule has 18 heavy (non-hydrogen) atoms. The van der Waals surface area contributed by atoms with Gasteiger partial charge in [-0.1, -0.05) is 25.4 Å². The molecular weight excluding hydrogens is 340 g/mol. The number of nitrogens with one attached hydrogen (secondary N) is 1. The van der Waals surface area contributed by atoms with Crippen LogP contribution in [0.4, 0.5) is 5.69 Å². The van der Waals surface area contributed by atoms with Gasteiger partial charge in [0, 0.05) is 16.2 Å². The number of nitrogen functional groups attached to an aromatic ring is 1. The van der Waals surface area contributed by atoms with Crippen LogP contribution in [-0.4, -0.2) is 14.5 Å². The van der Waals surface area contributed by atoms with Crippen molar-refractivity contribution >= 4 is 43.2 Å². The Hall–Kier alpha value is -0.300. The molecule has 1 aromatic carbocycles. The molecule has 7 heteroatoms. The number of halogens is 2. The van der Waals surface area contributed by atoms with E-state index in [-0.39, 0.29) is 16.0 Å². The third kappa shape index (κ3) is 3.60. The van der Waals surface area contributed by atoms with E-state index in [0.29, 0.717) is 10.2 Å². The molecule has 4 nitrogen and oxygen atoms in total. The zero-order chi connectivity index (χ0) is 13.9. The Bertz CT molecular complexity index is 530. The van der Waals surface area contributed by atoms with Gasteiger partial charge >= 0.3 is 0 Å². The van der Waals surface area contributed by atoms with Crippen molar-refractivity contribution in [3.8, 4) is 0 Å². The van der Waals surface area contributed by atoms with Gasteiger partial charge in [-0.3, -0.25) is 0 Å². The van der Waals surface area contributed by atoms with Crippen molar-refractivity contribution in [2.24, 2.45) is 0 Å². The van der Waals surface area contributed by atoms with Gasteiger partial charge in [0.05, 0.1) is 5.02 Å². The lowest BCUT2D eigenvalue weighted by Crippen LogP contribution is -2.34. The monoisotopic (exact) mass is 354 g/mol. The van der Waals surface area contributed by atoms with E-state index in [1.54, 1.807) is 6.07 Å². The van der Waals surface area contributed by atoms with E-state index >= 15 is 0 Å². The van der Waals surface area contributed by atoms with Crippen LogP contribution in [0.3, 0.4) is 0 Å². The highest BCUT2D eigenvalue weighted by Crippen LogP contribution is 2.32. The summed E-state index contributed by atoms with van der Waals surface area (Å²) in [4.78, 5) is 0.00272. The fourth-order valence-corrected chi connectivity index (χ4v) is 4.08. The van der Waals surface area contributed by atoms with Crippen LogP contribution >= 0.6 is 27.5 Å². The molecule has 3 N–H and O–H groups in total. The third-order valence-corrected chi connectivity index (χ3v) is 5.53. The van der Waals surface area contributed by atoms with Crippen LogP contribution in [0, 0.1) is 0 Å². The molecule has 0 aliphatic heterocycles. The second-order valence-electron chi connectivity index (χ2n) is 3.95. The first-order chi connectivity index (χ1) is 8.31. The molecule has 0 heterocycles. The number of rotatable bonds is 5. The van der Waals surface area contributed by atoms with Crippen LogP contribution in [0.25, 0.3) is 0 Å². The molecule has 102 valence electrons. The van der Waals surface area contributed by atoms with E-state index in [1.165, 1.54) is 6.07 Å². The first-order valence-corrected chi connectivity index (χ1v) is 8.24.